The molecule has 1 rings (SSSR count). The van der Waals surface area contributed by atoms with Crippen molar-refractivity contribution in [3.8, 4) is 0 Å². The van der Waals surface area contributed by atoms with Crippen LogP contribution >= 0.6 is 0 Å². The minimum absolute atomic E-state index is 0.113. The second kappa shape index (κ2) is 6.19. The van der Waals surface area contributed by atoms with Gasteiger partial charge in [0.2, 0.25) is 11.8 Å². The van der Waals surface area contributed by atoms with Crippen LogP contribution in [0.15, 0.2) is 0 Å². The molecule has 0 aromatic carbocycles. The predicted octanol–water partition coefficient (Wildman–Crippen LogP) is -1.57. The van der Waals surface area contributed by atoms with Gasteiger partial charge in [-0.3, -0.25) is 14.4 Å². The topological polar surface area (TPSA) is 122 Å². The highest BCUT2D eigenvalue weighted by atomic mass is 16.4. The molecule has 17 heavy (non-hydrogen) atoms. The van der Waals surface area contributed by atoms with Crippen molar-refractivity contribution < 1.29 is 19.5 Å². The predicted molar refractivity (Wildman–Crippen MR) is 59.0 cm³/mol. The molecule has 1 fully saturated rings. The molecule has 0 spiro atoms. The standard InChI is InChI=1S/C10H17N3O4/c11-4-8(14)12-5-9(15)13-7-2-1-6(3-7)10(16)17/h6-7H,1-5,11H2,(H,12,14)(H,13,15)(H,16,17). The summed E-state index contributed by atoms with van der Waals surface area (Å²) in [5, 5.41) is 13.8. The lowest BCUT2D eigenvalue weighted by Gasteiger charge is -2.12. The van der Waals surface area contributed by atoms with Gasteiger partial charge in [0, 0.05) is 6.04 Å². The van der Waals surface area contributed by atoms with Gasteiger partial charge < -0.3 is 21.5 Å². The summed E-state index contributed by atoms with van der Waals surface area (Å²) >= 11 is 0. The average molecular weight is 243 g/mol. The summed E-state index contributed by atoms with van der Waals surface area (Å²) in [5.74, 6) is -1.91. The number of amides is 2. The van der Waals surface area contributed by atoms with E-state index >= 15 is 0 Å². The van der Waals surface area contributed by atoms with Crippen LogP contribution < -0.4 is 16.4 Å². The van der Waals surface area contributed by atoms with E-state index in [-0.39, 0.29) is 31.0 Å². The average Bonchev–Trinajstić information content (AvgIpc) is 2.74. The van der Waals surface area contributed by atoms with Crippen molar-refractivity contribution in [3.63, 3.8) is 0 Å². The monoisotopic (exact) mass is 243 g/mol. The number of hydrogen-bond donors (Lipinski definition) is 4. The van der Waals surface area contributed by atoms with Crippen LogP contribution in [0.2, 0.25) is 0 Å². The smallest absolute Gasteiger partial charge is 0.306 e. The molecule has 0 aromatic rings. The molecular formula is C10H17N3O4. The van der Waals surface area contributed by atoms with Crippen LogP contribution in [0.4, 0.5) is 0 Å². The number of aliphatic carboxylic acids is 1. The molecule has 0 aromatic heterocycles. The lowest BCUT2D eigenvalue weighted by Crippen LogP contribution is -2.42. The molecule has 5 N–H and O–H groups in total. The van der Waals surface area contributed by atoms with E-state index in [1.54, 1.807) is 0 Å². The van der Waals surface area contributed by atoms with Crippen LogP contribution in [-0.4, -0.2) is 42.0 Å². The summed E-state index contributed by atoms with van der Waals surface area (Å²) in [5.41, 5.74) is 5.06. The Morgan fingerprint density at radius 1 is 1.24 bits per heavy atom. The van der Waals surface area contributed by atoms with E-state index in [1.165, 1.54) is 0 Å². The maximum Gasteiger partial charge on any atom is 0.306 e. The zero-order chi connectivity index (χ0) is 12.8. The van der Waals surface area contributed by atoms with Crippen LogP contribution in [0.3, 0.4) is 0 Å². The van der Waals surface area contributed by atoms with Crippen LogP contribution in [-0.2, 0) is 14.4 Å². The number of carboxylic acids is 1. The molecule has 0 heterocycles. The first-order chi connectivity index (χ1) is 8.02. The Balaban J connectivity index is 2.24. The van der Waals surface area contributed by atoms with Gasteiger partial charge in [-0.05, 0) is 19.3 Å². The van der Waals surface area contributed by atoms with Gasteiger partial charge in [0.25, 0.3) is 0 Å². The molecule has 2 atom stereocenters. The van der Waals surface area contributed by atoms with E-state index in [2.05, 4.69) is 10.6 Å². The second-order valence-electron chi connectivity index (χ2n) is 4.09. The maximum atomic E-state index is 11.4. The number of rotatable bonds is 5. The highest BCUT2D eigenvalue weighted by molar-refractivity contribution is 5.85. The lowest BCUT2D eigenvalue weighted by molar-refractivity contribution is -0.141. The van der Waals surface area contributed by atoms with Crippen molar-refractivity contribution in [2.24, 2.45) is 11.7 Å². The summed E-state index contributed by atoms with van der Waals surface area (Å²) in [6.07, 6.45) is 1.69. The van der Waals surface area contributed by atoms with Crippen molar-refractivity contribution in [1.29, 1.82) is 0 Å². The van der Waals surface area contributed by atoms with Crippen molar-refractivity contribution in [3.05, 3.63) is 0 Å². The molecule has 0 radical (unpaired) electrons. The summed E-state index contributed by atoms with van der Waals surface area (Å²) in [7, 11) is 0. The van der Waals surface area contributed by atoms with Gasteiger partial charge in [-0.2, -0.15) is 0 Å². The molecule has 0 aliphatic heterocycles. The van der Waals surface area contributed by atoms with Crippen LogP contribution in [0.5, 0.6) is 0 Å². The number of nitrogens with two attached hydrogens (primary N) is 1. The van der Waals surface area contributed by atoms with E-state index in [1.807, 2.05) is 0 Å². The molecular weight excluding hydrogens is 226 g/mol. The summed E-state index contributed by atoms with van der Waals surface area (Å²) in [6.45, 7) is -0.276. The SMILES string of the molecule is NCC(=O)NCC(=O)NC1CCC(C(=O)O)C1. The van der Waals surface area contributed by atoms with Gasteiger partial charge in [-0.15, -0.1) is 0 Å². The van der Waals surface area contributed by atoms with Gasteiger partial charge >= 0.3 is 5.97 Å². The fourth-order valence-electron chi connectivity index (χ4n) is 1.87. The highest BCUT2D eigenvalue weighted by Gasteiger charge is 2.30. The van der Waals surface area contributed by atoms with E-state index in [0.29, 0.717) is 19.3 Å². The molecule has 96 valence electrons. The summed E-state index contributed by atoms with van der Waals surface area (Å²) in [6, 6.07) is -0.113. The Labute approximate surface area is 98.7 Å². The second-order valence-corrected chi connectivity index (χ2v) is 4.09. The molecule has 2 amide bonds. The zero-order valence-corrected chi connectivity index (χ0v) is 9.44. The molecule has 1 aliphatic carbocycles. The van der Waals surface area contributed by atoms with E-state index < -0.39 is 11.9 Å². The molecule has 1 saturated carbocycles. The molecule has 7 heteroatoms. The molecule has 1 aliphatic rings. The third kappa shape index (κ3) is 4.39. The Morgan fingerprint density at radius 2 is 1.94 bits per heavy atom. The van der Waals surface area contributed by atoms with Gasteiger partial charge in [0.1, 0.15) is 0 Å². The van der Waals surface area contributed by atoms with Gasteiger partial charge in [-0.25, -0.2) is 0 Å². The zero-order valence-electron chi connectivity index (χ0n) is 9.44. The molecule has 0 bridgehead atoms. The Morgan fingerprint density at radius 3 is 2.47 bits per heavy atom. The van der Waals surface area contributed by atoms with Crippen LogP contribution in [0, 0.1) is 5.92 Å². The van der Waals surface area contributed by atoms with Crippen molar-refractivity contribution in [2.45, 2.75) is 25.3 Å². The normalized spacial score (nSPS) is 23.1. The third-order valence-corrected chi connectivity index (χ3v) is 2.78. The maximum absolute atomic E-state index is 11.4. The Hall–Kier alpha value is -1.63. The number of carbonyl (C=O) groups is 3. The van der Waals surface area contributed by atoms with E-state index in [4.69, 9.17) is 10.8 Å². The first kappa shape index (κ1) is 13.4. The first-order valence-electron chi connectivity index (χ1n) is 5.52. The van der Waals surface area contributed by atoms with Crippen molar-refractivity contribution >= 4 is 17.8 Å². The van der Waals surface area contributed by atoms with Crippen molar-refractivity contribution in [2.75, 3.05) is 13.1 Å². The van der Waals surface area contributed by atoms with Gasteiger partial charge in [-0.1, -0.05) is 0 Å². The Bertz CT molecular complexity index is 319. The highest BCUT2D eigenvalue weighted by Crippen LogP contribution is 2.25. The van der Waals surface area contributed by atoms with E-state index in [9.17, 15) is 14.4 Å². The minimum atomic E-state index is -0.821. The van der Waals surface area contributed by atoms with E-state index in [0.717, 1.165) is 0 Å². The number of carbonyl (C=O) groups excluding carboxylic acids is 2. The summed E-state index contributed by atoms with van der Waals surface area (Å²) < 4.78 is 0. The van der Waals surface area contributed by atoms with Gasteiger partial charge in [0.15, 0.2) is 0 Å². The molecule has 0 saturated heterocycles. The minimum Gasteiger partial charge on any atom is -0.481 e. The lowest BCUT2D eigenvalue weighted by atomic mass is 10.1. The van der Waals surface area contributed by atoms with Gasteiger partial charge in [0.05, 0.1) is 19.0 Å². The first-order valence-corrected chi connectivity index (χ1v) is 5.52. The quantitative estimate of drug-likeness (QED) is 0.465. The Kier molecular flexibility index (Phi) is 4.89. The summed E-state index contributed by atoms with van der Waals surface area (Å²) in [4.78, 5) is 32.9. The van der Waals surface area contributed by atoms with Crippen molar-refractivity contribution in [1.82, 2.24) is 10.6 Å². The number of carboxylic acid groups (broad SMARTS) is 1. The third-order valence-electron chi connectivity index (χ3n) is 2.78. The molecule has 2 unspecified atom stereocenters. The van der Waals surface area contributed by atoms with Crippen LogP contribution in [0.25, 0.3) is 0 Å². The van der Waals surface area contributed by atoms with Crippen LogP contribution in [0.1, 0.15) is 19.3 Å². The fourth-order valence-corrected chi connectivity index (χ4v) is 1.87. The molecule has 7 nitrogen and oxygen atoms in total. The fraction of sp³-hybridized carbons (Fsp3) is 0.700. The largest absolute Gasteiger partial charge is 0.481 e. The number of nitrogens with one attached hydrogen (secondary N) is 2. The number of hydrogen-bond acceptors (Lipinski definition) is 4.